The van der Waals surface area contributed by atoms with E-state index in [-0.39, 0.29) is 5.82 Å². The molecule has 0 amide bonds. The van der Waals surface area contributed by atoms with Gasteiger partial charge in [0, 0.05) is 17.1 Å². The minimum atomic E-state index is -0.286. The molecule has 2 aromatic rings. The molecule has 2 nitrogen and oxygen atoms in total. The minimum Gasteiger partial charge on any atom is -0.497 e. The van der Waals surface area contributed by atoms with Crippen LogP contribution in [0.25, 0.3) is 0 Å². The normalized spacial score (nSPS) is 10.2. The second-order valence-electron chi connectivity index (χ2n) is 3.83. The van der Waals surface area contributed by atoms with E-state index < -0.39 is 0 Å². The van der Waals surface area contributed by atoms with Gasteiger partial charge < -0.3 is 10.1 Å². The Labute approximate surface area is 114 Å². The Hall–Kier alpha value is -1.55. The van der Waals surface area contributed by atoms with Crippen molar-refractivity contribution in [2.75, 3.05) is 12.4 Å². The van der Waals surface area contributed by atoms with Gasteiger partial charge in [0.15, 0.2) is 0 Å². The molecule has 0 saturated heterocycles. The summed E-state index contributed by atoms with van der Waals surface area (Å²) in [6.07, 6.45) is 0. The monoisotopic (exact) mass is 309 g/mol. The molecule has 0 aliphatic carbocycles. The van der Waals surface area contributed by atoms with Gasteiger partial charge in [0.25, 0.3) is 0 Å². The van der Waals surface area contributed by atoms with Crippen molar-refractivity contribution in [2.24, 2.45) is 0 Å². The Kier molecular flexibility index (Phi) is 4.20. The summed E-state index contributed by atoms with van der Waals surface area (Å²) in [7, 11) is 1.56. The number of hydrogen-bond donors (Lipinski definition) is 1. The van der Waals surface area contributed by atoms with Crippen molar-refractivity contribution in [3.8, 4) is 5.75 Å². The Morgan fingerprint density at radius 2 is 2.06 bits per heavy atom. The zero-order valence-electron chi connectivity index (χ0n) is 9.91. The van der Waals surface area contributed by atoms with E-state index in [4.69, 9.17) is 4.74 Å². The SMILES string of the molecule is COc1ccc(F)c(NCc2cccc(Br)c2)c1. The quantitative estimate of drug-likeness (QED) is 0.913. The first-order valence-corrected chi connectivity index (χ1v) is 6.30. The first-order chi connectivity index (χ1) is 8.69. The number of anilines is 1. The van der Waals surface area contributed by atoms with Gasteiger partial charge in [0.2, 0.25) is 0 Å². The zero-order chi connectivity index (χ0) is 13.0. The third-order valence-electron chi connectivity index (χ3n) is 2.55. The van der Waals surface area contributed by atoms with E-state index in [0.717, 1.165) is 10.0 Å². The Morgan fingerprint density at radius 1 is 1.22 bits per heavy atom. The van der Waals surface area contributed by atoms with Crippen molar-refractivity contribution < 1.29 is 9.13 Å². The molecule has 0 fully saturated rings. The van der Waals surface area contributed by atoms with Gasteiger partial charge in [-0.25, -0.2) is 4.39 Å². The molecule has 2 rings (SSSR count). The van der Waals surface area contributed by atoms with Crippen LogP contribution < -0.4 is 10.1 Å². The van der Waals surface area contributed by atoms with Crippen LogP contribution >= 0.6 is 15.9 Å². The number of nitrogens with one attached hydrogen (secondary N) is 1. The lowest BCUT2D eigenvalue weighted by molar-refractivity contribution is 0.414. The number of halogens is 2. The lowest BCUT2D eigenvalue weighted by Gasteiger charge is -2.09. The molecule has 0 aliphatic heterocycles. The van der Waals surface area contributed by atoms with Gasteiger partial charge >= 0.3 is 0 Å². The third-order valence-corrected chi connectivity index (χ3v) is 3.04. The van der Waals surface area contributed by atoms with Crippen LogP contribution in [0.15, 0.2) is 46.9 Å². The van der Waals surface area contributed by atoms with Crippen LogP contribution in [0, 0.1) is 5.82 Å². The summed E-state index contributed by atoms with van der Waals surface area (Å²) in [6, 6.07) is 12.5. The fourth-order valence-corrected chi connectivity index (χ4v) is 2.06. The highest BCUT2D eigenvalue weighted by atomic mass is 79.9. The molecule has 0 saturated carbocycles. The van der Waals surface area contributed by atoms with Crippen molar-refractivity contribution in [1.29, 1.82) is 0 Å². The highest BCUT2D eigenvalue weighted by Gasteiger charge is 2.03. The van der Waals surface area contributed by atoms with E-state index in [2.05, 4.69) is 21.2 Å². The maximum Gasteiger partial charge on any atom is 0.146 e. The molecule has 1 N–H and O–H groups in total. The molecule has 0 aromatic heterocycles. The van der Waals surface area contributed by atoms with E-state index in [0.29, 0.717) is 18.0 Å². The van der Waals surface area contributed by atoms with E-state index in [1.54, 1.807) is 19.2 Å². The fourth-order valence-electron chi connectivity index (χ4n) is 1.61. The summed E-state index contributed by atoms with van der Waals surface area (Å²) in [5.41, 5.74) is 1.51. The topological polar surface area (TPSA) is 21.3 Å². The van der Waals surface area contributed by atoms with Crippen LogP contribution in [0.5, 0.6) is 5.75 Å². The molecule has 0 bridgehead atoms. The summed E-state index contributed by atoms with van der Waals surface area (Å²) in [4.78, 5) is 0. The van der Waals surface area contributed by atoms with Gasteiger partial charge in [-0.2, -0.15) is 0 Å². The Morgan fingerprint density at radius 3 is 2.78 bits per heavy atom. The second-order valence-corrected chi connectivity index (χ2v) is 4.74. The molecular formula is C14H13BrFNO. The lowest BCUT2D eigenvalue weighted by atomic mass is 10.2. The third kappa shape index (κ3) is 3.23. The Balaban J connectivity index is 2.10. The predicted octanol–water partition coefficient (Wildman–Crippen LogP) is 4.21. The summed E-state index contributed by atoms with van der Waals surface area (Å²) in [5.74, 6) is 0.346. The van der Waals surface area contributed by atoms with Crippen LogP contribution in [-0.2, 0) is 6.54 Å². The average molecular weight is 310 g/mol. The molecular weight excluding hydrogens is 297 g/mol. The van der Waals surface area contributed by atoms with Crippen molar-refractivity contribution in [3.63, 3.8) is 0 Å². The van der Waals surface area contributed by atoms with Gasteiger partial charge in [-0.1, -0.05) is 28.1 Å². The Bertz CT molecular complexity index is 545. The van der Waals surface area contributed by atoms with Gasteiger partial charge in [0.1, 0.15) is 11.6 Å². The van der Waals surface area contributed by atoms with E-state index in [1.807, 2.05) is 24.3 Å². The standard InChI is InChI=1S/C14H13BrFNO/c1-18-12-5-6-13(16)14(8-12)17-9-10-3-2-4-11(15)7-10/h2-8,17H,9H2,1H3. The molecule has 0 atom stereocenters. The lowest BCUT2D eigenvalue weighted by Crippen LogP contribution is -2.01. The average Bonchev–Trinajstić information content (AvgIpc) is 2.38. The minimum absolute atomic E-state index is 0.286. The first kappa shape index (κ1) is 12.9. The van der Waals surface area contributed by atoms with Crippen LogP contribution in [0.1, 0.15) is 5.56 Å². The molecule has 0 spiro atoms. The number of ether oxygens (including phenoxy) is 1. The summed E-state index contributed by atoms with van der Waals surface area (Å²) < 4.78 is 19.6. The van der Waals surface area contributed by atoms with Crippen LogP contribution in [0.3, 0.4) is 0 Å². The maximum atomic E-state index is 13.6. The van der Waals surface area contributed by atoms with Gasteiger partial charge in [-0.15, -0.1) is 0 Å². The number of rotatable bonds is 4. The summed E-state index contributed by atoms with van der Waals surface area (Å²) >= 11 is 3.40. The molecule has 0 unspecified atom stereocenters. The highest BCUT2D eigenvalue weighted by Crippen LogP contribution is 2.22. The van der Waals surface area contributed by atoms with E-state index >= 15 is 0 Å². The number of methoxy groups -OCH3 is 1. The number of hydrogen-bond acceptors (Lipinski definition) is 2. The maximum absolute atomic E-state index is 13.6. The zero-order valence-corrected chi connectivity index (χ0v) is 11.5. The van der Waals surface area contributed by atoms with Gasteiger partial charge in [-0.3, -0.25) is 0 Å². The van der Waals surface area contributed by atoms with Gasteiger partial charge in [0.05, 0.1) is 12.8 Å². The van der Waals surface area contributed by atoms with Crippen LogP contribution in [0.2, 0.25) is 0 Å². The molecule has 0 heterocycles. The van der Waals surface area contributed by atoms with Crippen LogP contribution in [-0.4, -0.2) is 7.11 Å². The molecule has 4 heteroatoms. The second kappa shape index (κ2) is 5.87. The van der Waals surface area contributed by atoms with Gasteiger partial charge in [-0.05, 0) is 29.8 Å². The molecule has 94 valence electrons. The van der Waals surface area contributed by atoms with Crippen molar-refractivity contribution in [1.82, 2.24) is 0 Å². The highest BCUT2D eigenvalue weighted by molar-refractivity contribution is 9.10. The molecule has 0 radical (unpaired) electrons. The summed E-state index contributed by atoms with van der Waals surface area (Å²) in [6.45, 7) is 0.559. The molecule has 0 aliphatic rings. The van der Waals surface area contributed by atoms with E-state index in [9.17, 15) is 4.39 Å². The first-order valence-electron chi connectivity index (χ1n) is 5.51. The summed E-state index contributed by atoms with van der Waals surface area (Å²) in [5, 5.41) is 3.06. The van der Waals surface area contributed by atoms with E-state index in [1.165, 1.54) is 6.07 Å². The molecule has 18 heavy (non-hydrogen) atoms. The van der Waals surface area contributed by atoms with Crippen molar-refractivity contribution in [3.05, 3.63) is 58.3 Å². The van der Waals surface area contributed by atoms with Crippen molar-refractivity contribution >= 4 is 21.6 Å². The number of benzene rings is 2. The van der Waals surface area contributed by atoms with Crippen LogP contribution in [0.4, 0.5) is 10.1 Å². The van der Waals surface area contributed by atoms with Crippen molar-refractivity contribution in [2.45, 2.75) is 6.54 Å². The molecule has 2 aromatic carbocycles. The fraction of sp³-hybridized carbons (Fsp3) is 0.143. The smallest absolute Gasteiger partial charge is 0.146 e. The predicted molar refractivity (Wildman–Crippen MR) is 74.4 cm³/mol. The largest absolute Gasteiger partial charge is 0.497 e.